The van der Waals surface area contributed by atoms with E-state index in [1.165, 1.54) is 6.33 Å². The van der Waals surface area contributed by atoms with E-state index in [1.54, 1.807) is 6.92 Å². The van der Waals surface area contributed by atoms with Crippen molar-refractivity contribution in [2.75, 3.05) is 5.73 Å². The maximum absolute atomic E-state index is 12.8. The van der Waals surface area contributed by atoms with E-state index < -0.39 is 11.7 Å². The quantitative estimate of drug-likeness (QED) is 0.657. The number of nitrogens with two attached hydrogens (primary N) is 1. The summed E-state index contributed by atoms with van der Waals surface area (Å²) in [6.07, 6.45) is -3.13. The van der Waals surface area contributed by atoms with Gasteiger partial charge in [-0.25, -0.2) is 9.97 Å². The Kier molecular flexibility index (Phi) is 2.23. The molecule has 3 aromatic rings. The fourth-order valence-electron chi connectivity index (χ4n) is 2.19. The first-order chi connectivity index (χ1) is 8.88. The minimum absolute atomic E-state index is 0.162. The number of H-pyrrole nitrogens is 1. The molecule has 0 amide bonds. The number of aryl methyl sites for hydroxylation is 1. The number of halogens is 3. The van der Waals surface area contributed by atoms with Gasteiger partial charge in [-0.2, -0.15) is 13.2 Å². The van der Waals surface area contributed by atoms with Crippen LogP contribution in [-0.4, -0.2) is 15.0 Å². The average Bonchev–Trinajstić information content (AvgIpc) is 2.68. The molecule has 0 aliphatic carbocycles. The van der Waals surface area contributed by atoms with E-state index in [0.29, 0.717) is 27.5 Å². The molecular formula is C12H9F3N4. The third-order valence-corrected chi connectivity index (χ3v) is 3.05. The van der Waals surface area contributed by atoms with Crippen LogP contribution in [-0.2, 0) is 6.18 Å². The zero-order chi connectivity index (χ0) is 13.8. The number of aromatic amines is 1. The molecule has 0 fully saturated rings. The predicted octanol–water partition coefficient (Wildman–Crippen LogP) is 3.02. The van der Waals surface area contributed by atoms with Crippen molar-refractivity contribution >= 4 is 27.8 Å². The standard InChI is InChI=1S/C12H9F3N4/c1-5-2-6(12(13,14)15)3-7-8-10(16)17-4-18-11(8)19-9(5)7/h2-4H,1H3,(H3,16,17,18,19). The average molecular weight is 266 g/mol. The fraction of sp³-hybridized carbons (Fsp3) is 0.167. The largest absolute Gasteiger partial charge is 0.416 e. The zero-order valence-electron chi connectivity index (χ0n) is 9.84. The van der Waals surface area contributed by atoms with E-state index in [-0.39, 0.29) is 5.82 Å². The van der Waals surface area contributed by atoms with E-state index in [9.17, 15) is 13.2 Å². The van der Waals surface area contributed by atoms with Crippen LogP contribution >= 0.6 is 0 Å². The second-order valence-corrected chi connectivity index (χ2v) is 4.32. The summed E-state index contributed by atoms with van der Waals surface area (Å²) in [6.45, 7) is 1.61. The molecule has 0 aliphatic rings. The van der Waals surface area contributed by atoms with Crippen LogP contribution in [0.25, 0.3) is 21.9 Å². The highest BCUT2D eigenvalue weighted by atomic mass is 19.4. The molecule has 0 bridgehead atoms. The molecule has 19 heavy (non-hydrogen) atoms. The van der Waals surface area contributed by atoms with Gasteiger partial charge in [0.1, 0.15) is 17.8 Å². The van der Waals surface area contributed by atoms with E-state index >= 15 is 0 Å². The number of nitrogen functional groups attached to an aromatic ring is 1. The van der Waals surface area contributed by atoms with Crippen molar-refractivity contribution in [1.82, 2.24) is 15.0 Å². The molecule has 1 aromatic carbocycles. The Bertz CT molecular complexity index is 789. The summed E-state index contributed by atoms with van der Waals surface area (Å²) < 4.78 is 38.5. The number of fused-ring (bicyclic) bond motifs is 3. The van der Waals surface area contributed by atoms with Gasteiger partial charge in [-0.1, -0.05) is 0 Å². The summed E-state index contributed by atoms with van der Waals surface area (Å²) in [6, 6.07) is 2.17. The topological polar surface area (TPSA) is 67.6 Å². The van der Waals surface area contributed by atoms with Crippen LogP contribution in [0.5, 0.6) is 0 Å². The highest BCUT2D eigenvalue weighted by molar-refractivity contribution is 6.11. The Morgan fingerprint density at radius 3 is 2.63 bits per heavy atom. The lowest BCUT2D eigenvalue weighted by Crippen LogP contribution is -2.05. The third-order valence-electron chi connectivity index (χ3n) is 3.05. The van der Waals surface area contributed by atoms with E-state index in [4.69, 9.17) is 5.73 Å². The number of anilines is 1. The highest BCUT2D eigenvalue weighted by Crippen LogP contribution is 2.36. The second kappa shape index (κ2) is 3.59. The molecule has 0 unspecified atom stereocenters. The predicted molar refractivity (Wildman–Crippen MR) is 65.5 cm³/mol. The summed E-state index contributed by atoms with van der Waals surface area (Å²) in [5, 5.41) is 0.812. The molecule has 3 rings (SSSR count). The van der Waals surface area contributed by atoms with Crippen LogP contribution in [0.2, 0.25) is 0 Å². The van der Waals surface area contributed by atoms with E-state index in [1.807, 2.05) is 0 Å². The monoisotopic (exact) mass is 266 g/mol. The van der Waals surface area contributed by atoms with Gasteiger partial charge in [-0.05, 0) is 24.6 Å². The van der Waals surface area contributed by atoms with Crippen molar-refractivity contribution in [3.63, 3.8) is 0 Å². The van der Waals surface area contributed by atoms with Gasteiger partial charge in [0.15, 0.2) is 0 Å². The summed E-state index contributed by atoms with van der Waals surface area (Å²) in [5.74, 6) is 0.162. The molecule has 0 atom stereocenters. The maximum atomic E-state index is 12.8. The van der Waals surface area contributed by atoms with Crippen LogP contribution in [0, 0.1) is 6.92 Å². The van der Waals surface area contributed by atoms with E-state index in [0.717, 1.165) is 12.1 Å². The van der Waals surface area contributed by atoms with Crippen LogP contribution < -0.4 is 5.73 Å². The Balaban J connectivity index is 2.49. The van der Waals surface area contributed by atoms with Crippen molar-refractivity contribution in [3.05, 3.63) is 29.6 Å². The Morgan fingerprint density at radius 1 is 1.21 bits per heavy atom. The van der Waals surface area contributed by atoms with Gasteiger partial charge in [0.2, 0.25) is 0 Å². The molecule has 2 aromatic heterocycles. The minimum Gasteiger partial charge on any atom is -0.383 e. The Morgan fingerprint density at radius 2 is 1.95 bits per heavy atom. The smallest absolute Gasteiger partial charge is 0.383 e. The molecule has 98 valence electrons. The van der Waals surface area contributed by atoms with Crippen LogP contribution in [0.15, 0.2) is 18.5 Å². The first-order valence-electron chi connectivity index (χ1n) is 5.47. The number of nitrogens with zero attached hydrogens (tertiary/aromatic N) is 2. The molecule has 4 nitrogen and oxygen atoms in total. The second-order valence-electron chi connectivity index (χ2n) is 4.32. The van der Waals surface area contributed by atoms with Gasteiger partial charge in [0.05, 0.1) is 16.5 Å². The zero-order valence-corrected chi connectivity index (χ0v) is 9.84. The minimum atomic E-state index is -4.40. The van der Waals surface area contributed by atoms with Crippen molar-refractivity contribution in [3.8, 4) is 0 Å². The SMILES string of the molecule is Cc1cc(C(F)(F)F)cc2c1[nH]c1ncnc(N)c12. The Hall–Kier alpha value is -2.31. The molecule has 0 aliphatic heterocycles. The molecule has 2 heterocycles. The number of hydrogen-bond donors (Lipinski definition) is 2. The lowest BCUT2D eigenvalue weighted by Gasteiger charge is -2.08. The van der Waals surface area contributed by atoms with Crippen LogP contribution in [0.3, 0.4) is 0 Å². The summed E-state index contributed by atoms with van der Waals surface area (Å²) >= 11 is 0. The maximum Gasteiger partial charge on any atom is 0.416 e. The third kappa shape index (κ3) is 1.69. The molecule has 0 spiro atoms. The van der Waals surface area contributed by atoms with Crippen molar-refractivity contribution in [2.24, 2.45) is 0 Å². The number of alkyl halides is 3. The molecular weight excluding hydrogens is 257 g/mol. The summed E-state index contributed by atoms with van der Waals surface area (Å²) in [4.78, 5) is 10.8. The fourth-order valence-corrected chi connectivity index (χ4v) is 2.19. The summed E-state index contributed by atoms with van der Waals surface area (Å²) in [7, 11) is 0. The molecule has 0 saturated carbocycles. The lowest BCUT2D eigenvalue weighted by molar-refractivity contribution is -0.137. The van der Waals surface area contributed by atoms with Gasteiger partial charge in [-0.3, -0.25) is 0 Å². The number of benzene rings is 1. The molecule has 0 saturated heterocycles. The highest BCUT2D eigenvalue weighted by Gasteiger charge is 2.31. The molecule has 0 radical (unpaired) electrons. The van der Waals surface area contributed by atoms with Gasteiger partial charge in [0.25, 0.3) is 0 Å². The molecule has 3 N–H and O–H groups in total. The first kappa shape index (κ1) is 11.8. The van der Waals surface area contributed by atoms with Gasteiger partial charge in [0, 0.05) is 5.39 Å². The van der Waals surface area contributed by atoms with Gasteiger partial charge in [-0.15, -0.1) is 0 Å². The van der Waals surface area contributed by atoms with Gasteiger partial charge < -0.3 is 10.7 Å². The Labute approximate surface area is 105 Å². The number of aromatic nitrogens is 3. The normalized spacial score (nSPS) is 12.4. The van der Waals surface area contributed by atoms with Crippen molar-refractivity contribution in [1.29, 1.82) is 0 Å². The van der Waals surface area contributed by atoms with Gasteiger partial charge >= 0.3 is 6.18 Å². The number of nitrogens with one attached hydrogen (secondary N) is 1. The lowest BCUT2D eigenvalue weighted by atomic mass is 10.1. The van der Waals surface area contributed by atoms with Crippen molar-refractivity contribution in [2.45, 2.75) is 13.1 Å². The molecule has 7 heteroatoms. The number of rotatable bonds is 0. The van der Waals surface area contributed by atoms with Crippen LogP contribution in [0.4, 0.5) is 19.0 Å². The van der Waals surface area contributed by atoms with E-state index in [2.05, 4.69) is 15.0 Å². The van der Waals surface area contributed by atoms with Crippen LogP contribution in [0.1, 0.15) is 11.1 Å². The first-order valence-corrected chi connectivity index (χ1v) is 5.47. The van der Waals surface area contributed by atoms with Crippen molar-refractivity contribution < 1.29 is 13.2 Å². The summed E-state index contributed by atoms with van der Waals surface area (Å²) in [5.41, 5.74) is 6.53. The number of hydrogen-bond acceptors (Lipinski definition) is 3.